The van der Waals surface area contributed by atoms with E-state index < -0.39 is 0 Å². The van der Waals surface area contributed by atoms with Crippen LogP contribution in [0.1, 0.15) is 29.8 Å². The van der Waals surface area contributed by atoms with Crippen molar-refractivity contribution in [1.29, 1.82) is 0 Å². The molecule has 1 amide bonds. The van der Waals surface area contributed by atoms with E-state index in [0.717, 1.165) is 6.42 Å². The van der Waals surface area contributed by atoms with Crippen LogP contribution in [0.5, 0.6) is 11.8 Å². The summed E-state index contributed by atoms with van der Waals surface area (Å²) >= 11 is 1.36. The topological polar surface area (TPSA) is 73.3 Å². The molecule has 6 nitrogen and oxygen atoms in total. The lowest BCUT2D eigenvalue weighted by Crippen LogP contribution is -2.14. The Bertz CT molecular complexity index is 883. The lowest BCUT2D eigenvalue weighted by atomic mass is 10.2. The number of rotatable bonds is 9. The summed E-state index contributed by atoms with van der Waals surface area (Å²) < 4.78 is 11.5. The summed E-state index contributed by atoms with van der Waals surface area (Å²) in [4.78, 5) is 21.0. The average Bonchev–Trinajstić information content (AvgIpc) is 3.20. The summed E-state index contributed by atoms with van der Waals surface area (Å²) in [5.41, 5.74) is 1.59. The Balaban J connectivity index is 1.71. The summed E-state index contributed by atoms with van der Waals surface area (Å²) in [5.74, 6) is 0.799. The van der Waals surface area contributed by atoms with Gasteiger partial charge in [0.1, 0.15) is 0 Å². The number of amides is 1. The second kappa shape index (κ2) is 9.85. The molecule has 3 rings (SSSR count). The fourth-order valence-electron chi connectivity index (χ4n) is 2.38. The van der Waals surface area contributed by atoms with Crippen molar-refractivity contribution in [2.45, 2.75) is 20.3 Å². The van der Waals surface area contributed by atoms with Crippen molar-refractivity contribution >= 4 is 22.4 Å². The highest BCUT2D eigenvalue weighted by molar-refractivity contribution is 7.13. The lowest BCUT2D eigenvalue weighted by Gasteiger charge is -2.12. The Labute approximate surface area is 168 Å². The lowest BCUT2D eigenvalue weighted by molar-refractivity contribution is 0.102. The number of benzene rings is 1. The van der Waals surface area contributed by atoms with Gasteiger partial charge in [0.2, 0.25) is 11.8 Å². The van der Waals surface area contributed by atoms with Gasteiger partial charge in [-0.05, 0) is 11.5 Å². The number of hydrogen-bond donors (Lipinski definition) is 1. The van der Waals surface area contributed by atoms with Crippen molar-refractivity contribution in [3.63, 3.8) is 0 Å². The molecule has 28 heavy (non-hydrogen) atoms. The Morgan fingerprint density at radius 2 is 1.89 bits per heavy atom. The molecule has 0 spiro atoms. The summed E-state index contributed by atoms with van der Waals surface area (Å²) in [5, 5.41) is 5.11. The highest BCUT2D eigenvalue weighted by atomic mass is 32.1. The number of aromatic nitrogens is 2. The molecule has 146 valence electrons. The molecule has 0 saturated heterocycles. The van der Waals surface area contributed by atoms with Crippen LogP contribution < -0.4 is 14.8 Å². The van der Waals surface area contributed by atoms with Crippen molar-refractivity contribution in [1.82, 2.24) is 9.97 Å². The predicted octanol–water partition coefficient (Wildman–Crippen LogP) is 4.45. The maximum atomic E-state index is 12.6. The van der Waals surface area contributed by atoms with Crippen LogP contribution in [-0.4, -0.2) is 29.1 Å². The summed E-state index contributed by atoms with van der Waals surface area (Å²) in [7, 11) is 0. The molecule has 0 bridgehead atoms. The second-order valence-electron chi connectivity index (χ2n) is 6.61. The van der Waals surface area contributed by atoms with E-state index in [0.29, 0.717) is 41.6 Å². The minimum atomic E-state index is -0.278. The molecular weight excluding hydrogens is 374 g/mol. The number of carbonyl (C=O) groups excluding carboxylic acids is 1. The zero-order chi connectivity index (χ0) is 19.8. The number of thiazole rings is 1. The van der Waals surface area contributed by atoms with Crippen molar-refractivity contribution in [3.8, 4) is 11.8 Å². The summed E-state index contributed by atoms with van der Waals surface area (Å²) in [6.45, 7) is 5.07. The van der Waals surface area contributed by atoms with E-state index in [2.05, 4.69) is 29.1 Å². The Hall–Kier alpha value is -2.93. The van der Waals surface area contributed by atoms with Crippen LogP contribution in [-0.2, 0) is 6.42 Å². The molecule has 0 unspecified atom stereocenters. The minimum Gasteiger partial charge on any atom is -0.477 e. The van der Waals surface area contributed by atoms with E-state index in [9.17, 15) is 4.79 Å². The van der Waals surface area contributed by atoms with Crippen LogP contribution in [0.4, 0.5) is 5.13 Å². The zero-order valence-electron chi connectivity index (χ0n) is 15.9. The van der Waals surface area contributed by atoms with Gasteiger partial charge in [-0.1, -0.05) is 44.2 Å². The summed E-state index contributed by atoms with van der Waals surface area (Å²) in [6, 6.07) is 13.3. The fourth-order valence-corrected chi connectivity index (χ4v) is 2.91. The number of ether oxygens (including phenoxy) is 2. The standard InChI is InChI=1S/C21H23N3O3S/c1-15(2)14-27-19-13-17(20(25)24-21-22-9-11-28-21)12-18(23-19)26-10-8-16-6-4-3-5-7-16/h3-7,9,11-13,15H,8,10,14H2,1-2H3,(H,22,24,25). The minimum absolute atomic E-state index is 0.278. The molecule has 0 radical (unpaired) electrons. The smallest absolute Gasteiger partial charge is 0.257 e. The molecule has 2 aromatic heterocycles. The maximum Gasteiger partial charge on any atom is 0.257 e. The number of hydrogen-bond acceptors (Lipinski definition) is 6. The number of pyridine rings is 1. The van der Waals surface area contributed by atoms with Crippen molar-refractivity contribution in [3.05, 3.63) is 65.2 Å². The molecule has 0 aliphatic carbocycles. The van der Waals surface area contributed by atoms with Crippen LogP contribution in [0.3, 0.4) is 0 Å². The predicted molar refractivity (Wildman–Crippen MR) is 110 cm³/mol. The molecule has 1 N–H and O–H groups in total. The highest BCUT2D eigenvalue weighted by Crippen LogP contribution is 2.21. The molecule has 0 saturated carbocycles. The second-order valence-corrected chi connectivity index (χ2v) is 7.51. The van der Waals surface area contributed by atoms with Gasteiger partial charge in [0.05, 0.1) is 18.8 Å². The van der Waals surface area contributed by atoms with E-state index >= 15 is 0 Å². The van der Waals surface area contributed by atoms with Crippen molar-refractivity contribution < 1.29 is 14.3 Å². The van der Waals surface area contributed by atoms with Gasteiger partial charge in [0.25, 0.3) is 5.91 Å². The number of nitrogens with zero attached hydrogens (tertiary/aromatic N) is 2. The largest absolute Gasteiger partial charge is 0.477 e. The third kappa shape index (κ3) is 6.06. The normalized spacial score (nSPS) is 10.7. The Kier molecular flexibility index (Phi) is 6.97. The maximum absolute atomic E-state index is 12.6. The van der Waals surface area contributed by atoms with Crippen LogP contribution in [0.15, 0.2) is 54.0 Å². The van der Waals surface area contributed by atoms with E-state index in [1.165, 1.54) is 16.9 Å². The van der Waals surface area contributed by atoms with E-state index in [1.807, 2.05) is 30.3 Å². The highest BCUT2D eigenvalue weighted by Gasteiger charge is 2.13. The van der Waals surface area contributed by atoms with Gasteiger partial charge in [-0.25, -0.2) is 4.98 Å². The van der Waals surface area contributed by atoms with Gasteiger partial charge < -0.3 is 9.47 Å². The quantitative estimate of drug-likeness (QED) is 0.578. The number of anilines is 1. The Morgan fingerprint density at radius 1 is 1.14 bits per heavy atom. The SMILES string of the molecule is CC(C)COc1cc(C(=O)Nc2nccs2)cc(OCCc2ccccc2)n1. The van der Waals surface area contributed by atoms with Crippen LogP contribution in [0, 0.1) is 5.92 Å². The third-order valence-electron chi connectivity index (χ3n) is 3.74. The molecule has 0 aliphatic heterocycles. The van der Waals surface area contributed by atoms with E-state index in [1.54, 1.807) is 23.7 Å². The van der Waals surface area contributed by atoms with Crippen LogP contribution >= 0.6 is 11.3 Å². The Morgan fingerprint density at radius 3 is 2.57 bits per heavy atom. The molecule has 1 aromatic carbocycles. The van der Waals surface area contributed by atoms with Gasteiger partial charge in [-0.2, -0.15) is 4.98 Å². The monoisotopic (exact) mass is 397 g/mol. The van der Waals surface area contributed by atoms with Gasteiger partial charge in [-0.15, -0.1) is 11.3 Å². The van der Waals surface area contributed by atoms with Gasteiger partial charge >= 0.3 is 0 Å². The van der Waals surface area contributed by atoms with E-state index in [4.69, 9.17) is 9.47 Å². The van der Waals surface area contributed by atoms with Gasteiger partial charge in [0, 0.05) is 30.1 Å². The first-order valence-electron chi connectivity index (χ1n) is 9.12. The molecule has 3 aromatic rings. The first-order valence-corrected chi connectivity index (χ1v) is 10.0. The van der Waals surface area contributed by atoms with Crippen molar-refractivity contribution in [2.75, 3.05) is 18.5 Å². The molecule has 2 heterocycles. The van der Waals surface area contributed by atoms with Crippen LogP contribution in [0.25, 0.3) is 0 Å². The molecule has 0 atom stereocenters. The zero-order valence-corrected chi connectivity index (χ0v) is 16.7. The van der Waals surface area contributed by atoms with Crippen LogP contribution in [0.2, 0.25) is 0 Å². The van der Waals surface area contributed by atoms with Crippen molar-refractivity contribution in [2.24, 2.45) is 5.92 Å². The number of nitrogens with one attached hydrogen (secondary N) is 1. The first-order chi connectivity index (χ1) is 13.6. The summed E-state index contributed by atoms with van der Waals surface area (Å²) in [6.07, 6.45) is 2.39. The van der Waals surface area contributed by atoms with Gasteiger partial charge in [0.15, 0.2) is 5.13 Å². The third-order valence-corrected chi connectivity index (χ3v) is 4.43. The first kappa shape index (κ1) is 19.8. The molecule has 0 aliphatic rings. The molecule has 0 fully saturated rings. The molecular formula is C21H23N3O3S. The van der Waals surface area contributed by atoms with E-state index in [-0.39, 0.29) is 5.91 Å². The van der Waals surface area contributed by atoms with Gasteiger partial charge in [-0.3, -0.25) is 10.1 Å². The fraction of sp³-hybridized carbons (Fsp3) is 0.286. The molecule has 7 heteroatoms. The average molecular weight is 398 g/mol. The number of carbonyl (C=O) groups is 1.